The number of hydrogen-bond donors (Lipinski definition) is 0. The molecular formula is C12H12F2N2O3. The number of benzene rings is 1. The first-order chi connectivity index (χ1) is 9.04. The molecule has 19 heavy (non-hydrogen) atoms. The van der Waals surface area contributed by atoms with Crippen LogP contribution in [0.3, 0.4) is 0 Å². The normalized spacial score (nSPS) is 16.4. The van der Waals surface area contributed by atoms with Crippen LogP contribution in [0, 0.1) is 27.7 Å². The van der Waals surface area contributed by atoms with Gasteiger partial charge in [-0.3, -0.25) is 10.1 Å². The van der Waals surface area contributed by atoms with E-state index < -0.39 is 22.2 Å². The van der Waals surface area contributed by atoms with Crippen molar-refractivity contribution in [1.82, 2.24) is 0 Å². The summed E-state index contributed by atoms with van der Waals surface area (Å²) in [5, 5.41) is 10.9. The molecule has 0 radical (unpaired) electrons. The Kier molecular flexibility index (Phi) is 3.73. The van der Waals surface area contributed by atoms with Crippen LogP contribution in [0.4, 0.5) is 20.2 Å². The van der Waals surface area contributed by atoms with Crippen LogP contribution in [0.2, 0.25) is 0 Å². The average molecular weight is 270 g/mol. The minimum absolute atomic E-state index is 0.119. The number of aldehydes is 1. The predicted molar refractivity (Wildman–Crippen MR) is 64.0 cm³/mol. The lowest BCUT2D eigenvalue weighted by molar-refractivity contribution is -0.384. The topological polar surface area (TPSA) is 63.5 Å². The van der Waals surface area contributed by atoms with Crippen molar-refractivity contribution in [1.29, 1.82) is 0 Å². The molecule has 0 bridgehead atoms. The highest BCUT2D eigenvalue weighted by atomic mass is 19.2. The van der Waals surface area contributed by atoms with Gasteiger partial charge in [-0.05, 0) is 18.9 Å². The van der Waals surface area contributed by atoms with E-state index in [2.05, 4.69) is 0 Å². The number of rotatable bonds is 3. The number of halogens is 2. The first-order valence-corrected chi connectivity index (χ1v) is 5.87. The molecule has 0 unspecified atom stereocenters. The highest BCUT2D eigenvalue weighted by Crippen LogP contribution is 2.34. The van der Waals surface area contributed by atoms with Crippen molar-refractivity contribution in [2.45, 2.75) is 12.8 Å². The van der Waals surface area contributed by atoms with E-state index in [4.69, 9.17) is 0 Å². The maximum atomic E-state index is 13.8. The highest BCUT2D eigenvalue weighted by molar-refractivity contribution is 5.65. The molecule has 0 saturated carbocycles. The van der Waals surface area contributed by atoms with E-state index in [0.717, 1.165) is 18.4 Å². The van der Waals surface area contributed by atoms with Crippen molar-refractivity contribution in [3.05, 3.63) is 33.9 Å². The quantitative estimate of drug-likeness (QED) is 0.480. The van der Waals surface area contributed by atoms with E-state index in [1.807, 2.05) is 0 Å². The lowest BCUT2D eigenvalue weighted by Crippen LogP contribution is -2.35. The zero-order valence-electron chi connectivity index (χ0n) is 10.0. The number of piperidine rings is 1. The summed E-state index contributed by atoms with van der Waals surface area (Å²) in [6, 6.07) is 1.70. The summed E-state index contributed by atoms with van der Waals surface area (Å²) in [6.07, 6.45) is 1.79. The fourth-order valence-electron chi connectivity index (χ4n) is 2.24. The van der Waals surface area contributed by atoms with E-state index in [-0.39, 0.29) is 11.6 Å². The van der Waals surface area contributed by atoms with Crippen LogP contribution in [-0.2, 0) is 4.79 Å². The zero-order chi connectivity index (χ0) is 14.0. The summed E-state index contributed by atoms with van der Waals surface area (Å²) in [5.74, 6) is -2.44. The first kappa shape index (κ1) is 13.4. The largest absolute Gasteiger partial charge is 0.363 e. The van der Waals surface area contributed by atoms with Crippen molar-refractivity contribution in [3.8, 4) is 0 Å². The van der Waals surface area contributed by atoms with Crippen LogP contribution in [-0.4, -0.2) is 24.3 Å². The molecule has 1 aromatic rings. The summed E-state index contributed by atoms with van der Waals surface area (Å²) in [7, 11) is 0. The molecule has 0 aliphatic carbocycles. The SMILES string of the molecule is O=CC1CCN(c2c([N+](=O)[O-])ccc(F)c2F)CC1. The second-order valence-electron chi connectivity index (χ2n) is 4.45. The number of hydrogen-bond acceptors (Lipinski definition) is 4. The van der Waals surface area contributed by atoms with Gasteiger partial charge in [0.25, 0.3) is 5.69 Å². The summed E-state index contributed by atoms with van der Waals surface area (Å²) in [6.45, 7) is 0.592. The Morgan fingerprint density at radius 2 is 1.95 bits per heavy atom. The van der Waals surface area contributed by atoms with Gasteiger partial charge in [0.15, 0.2) is 17.3 Å². The van der Waals surface area contributed by atoms with E-state index in [9.17, 15) is 23.7 Å². The Labute approximate surface area is 108 Å². The van der Waals surface area contributed by atoms with Gasteiger partial charge in [-0.25, -0.2) is 8.78 Å². The molecule has 102 valence electrons. The molecule has 0 aromatic heterocycles. The van der Waals surface area contributed by atoms with Gasteiger partial charge in [0, 0.05) is 25.1 Å². The maximum absolute atomic E-state index is 13.8. The lowest BCUT2D eigenvalue weighted by Gasteiger charge is -2.31. The summed E-state index contributed by atoms with van der Waals surface area (Å²) < 4.78 is 27.0. The van der Waals surface area contributed by atoms with E-state index >= 15 is 0 Å². The Hall–Kier alpha value is -2.05. The van der Waals surface area contributed by atoms with Gasteiger partial charge >= 0.3 is 0 Å². The second-order valence-corrected chi connectivity index (χ2v) is 4.45. The lowest BCUT2D eigenvalue weighted by atomic mass is 9.98. The van der Waals surface area contributed by atoms with Gasteiger partial charge < -0.3 is 9.69 Å². The van der Waals surface area contributed by atoms with Crippen molar-refractivity contribution in [3.63, 3.8) is 0 Å². The minimum Gasteiger partial charge on any atom is -0.363 e. The average Bonchev–Trinajstić information content (AvgIpc) is 2.41. The fraction of sp³-hybridized carbons (Fsp3) is 0.417. The standard InChI is InChI=1S/C12H12F2N2O3/c13-9-1-2-10(16(18)19)12(11(9)14)15-5-3-8(7-17)4-6-15/h1-2,7-8H,3-6H2. The molecule has 1 aliphatic rings. The second kappa shape index (κ2) is 5.29. The number of nitrogens with zero attached hydrogens (tertiary/aromatic N) is 2. The zero-order valence-corrected chi connectivity index (χ0v) is 10.0. The van der Waals surface area contributed by atoms with Crippen LogP contribution in [0.1, 0.15) is 12.8 Å². The fourth-order valence-corrected chi connectivity index (χ4v) is 2.24. The van der Waals surface area contributed by atoms with Crippen molar-refractivity contribution < 1.29 is 18.5 Å². The summed E-state index contributed by atoms with van der Waals surface area (Å²) >= 11 is 0. The Morgan fingerprint density at radius 3 is 2.47 bits per heavy atom. The molecular weight excluding hydrogens is 258 g/mol. The molecule has 7 heteroatoms. The number of nitro groups is 1. The molecule has 1 aromatic carbocycles. The van der Waals surface area contributed by atoms with Crippen LogP contribution >= 0.6 is 0 Å². The van der Waals surface area contributed by atoms with Gasteiger partial charge in [0.1, 0.15) is 6.29 Å². The van der Waals surface area contributed by atoms with Crippen molar-refractivity contribution in [2.24, 2.45) is 5.92 Å². The van der Waals surface area contributed by atoms with Gasteiger partial charge in [-0.15, -0.1) is 0 Å². The third-order valence-electron chi connectivity index (χ3n) is 3.29. The molecule has 0 atom stereocenters. The monoisotopic (exact) mass is 270 g/mol. The number of carbonyl (C=O) groups is 1. The van der Waals surface area contributed by atoms with Crippen LogP contribution in [0.15, 0.2) is 12.1 Å². The van der Waals surface area contributed by atoms with E-state index in [1.165, 1.54) is 4.90 Å². The third-order valence-corrected chi connectivity index (χ3v) is 3.29. The molecule has 1 heterocycles. The molecule has 2 rings (SSSR count). The molecule has 0 amide bonds. The Bertz CT molecular complexity index is 514. The van der Waals surface area contributed by atoms with Gasteiger partial charge in [0.2, 0.25) is 0 Å². The Morgan fingerprint density at radius 1 is 1.32 bits per heavy atom. The molecule has 1 fully saturated rings. The minimum atomic E-state index is -1.21. The number of carbonyl (C=O) groups excluding carboxylic acids is 1. The highest BCUT2D eigenvalue weighted by Gasteiger charge is 2.29. The van der Waals surface area contributed by atoms with Crippen LogP contribution in [0.25, 0.3) is 0 Å². The predicted octanol–water partition coefficient (Wildman–Crippen LogP) is 2.29. The summed E-state index contributed by atoms with van der Waals surface area (Å²) in [5.41, 5.74) is -0.780. The van der Waals surface area contributed by atoms with Crippen molar-refractivity contribution in [2.75, 3.05) is 18.0 Å². The molecule has 1 aliphatic heterocycles. The Balaban J connectivity index is 2.36. The third kappa shape index (κ3) is 2.54. The van der Waals surface area contributed by atoms with Gasteiger partial charge in [-0.1, -0.05) is 0 Å². The molecule has 0 N–H and O–H groups in total. The van der Waals surface area contributed by atoms with E-state index in [0.29, 0.717) is 25.9 Å². The molecule has 5 nitrogen and oxygen atoms in total. The van der Waals surface area contributed by atoms with Crippen molar-refractivity contribution >= 4 is 17.7 Å². The van der Waals surface area contributed by atoms with Gasteiger partial charge in [0.05, 0.1) is 4.92 Å². The number of nitro benzene ring substituents is 1. The first-order valence-electron chi connectivity index (χ1n) is 5.87. The summed E-state index contributed by atoms with van der Waals surface area (Å²) in [4.78, 5) is 22.2. The molecule has 0 spiro atoms. The van der Waals surface area contributed by atoms with E-state index in [1.54, 1.807) is 0 Å². The van der Waals surface area contributed by atoms with Crippen LogP contribution in [0.5, 0.6) is 0 Å². The van der Waals surface area contributed by atoms with Gasteiger partial charge in [-0.2, -0.15) is 0 Å². The molecule has 1 saturated heterocycles. The smallest absolute Gasteiger partial charge is 0.295 e. The number of anilines is 1. The van der Waals surface area contributed by atoms with Crippen LogP contribution < -0.4 is 4.90 Å². The maximum Gasteiger partial charge on any atom is 0.295 e.